The van der Waals surface area contributed by atoms with Gasteiger partial charge in [-0.3, -0.25) is 4.90 Å². The van der Waals surface area contributed by atoms with Crippen LogP contribution in [-0.4, -0.2) is 41.0 Å². The van der Waals surface area contributed by atoms with Crippen molar-refractivity contribution in [3.05, 3.63) is 36.3 Å². The summed E-state index contributed by atoms with van der Waals surface area (Å²) in [4.78, 5) is 6.86. The highest BCUT2D eigenvalue weighted by Gasteiger charge is 2.04. The molecule has 0 bridgehead atoms. The molecule has 2 aromatic rings. The molecule has 0 unspecified atom stereocenters. The van der Waals surface area contributed by atoms with Crippen molar-refractivity contribution in [2.75, 3.05) is 26.7 Å². The van der Waals surface area contributed by atoms with Crippen molar-refractivity contribution < 1.29 is 0 Å². The lowest BCUT2D eigenvalue weighted by atomic mass is 10.4. The SMILES string of the molecule is CCNCCN(C)Cc1cn2ccccc2n1. The van der Waals surface area contributed by atoms with E-state index in [1.54, 1.807) is 0 Å². The van der Waals surface area contributed by atoms with Crippen LogP contribution in [0.1, 0.15) is 12.6 Å². The number of fused-ring (bicyclic) bond motifs is 1. The van der Waals surface area contributed by atoms with Crippen molar-refractivity contribution in [3.63, 3.8) is 0 Å². The first-order chi connectivity index (χ1) is 8.29. The zero-order valence-corrected chi connectivity index (χ0v) is 10.6. The monoisotopic (exact) mass is 232 g/mol. The van der Waals surface area contributed by atoms with Gasteiger partial charge >= 0.3 is 0 Å². The molecule has 17 heavy (non-hydrogen) atoms. The first kappa shape index (κ1) is 12.1. The molecular weight excluding hydrogens is 212 g/mol. The number of likely N-dealkylation sites (N-methyl/N-ethyl adjacent to an activating group) is 2. The predicted molar refractivity (Wildman–Crippen MR) is 70.1 cm³/mol. The average Bonchev–Trinajstić information content (AvgIpc) is 2.71. The zero-order chi connectivity index (χ0) is 12.1. The van der Waals surface area contributed by atoms with E-state index in [9.17, 15) is 0 Å². The third-order valence-electron chi connectivity index (χ3n) is 2.77. The average molecular weight is 232 g/mol. The van der Waals surface area contributed by atoms with Crippen molar-refractivity contribution in [2.24, 2.45) is 0 Å². The predicted octanol–water partition coefficient (Wildman–Crippen LogP) is 1.38. The molecule has 0 aliphatic heterocycles. The lowest BCUT2D eigenvalue weighted by Gasteiger charge is -2.14. The van der Waals surface area contributed by atoms with E-state index >= 15 is 0 Å². The van der Waals surface area contributed by atoms with Gasteiger partial charge in [-0.2, -0.15) is 0 Å². The third-order valence-corrected chi connectivity index (χ3v) is 2.77. The molecule has 92 valence electrons. The van der Waals surface area contributed by atoms with Crippen LogP contribution in [0.4, 0.5) is 0 Å². The van der Waals surface area contributed by atoms with Crippen LogP contribution in [0.3, 0.4) is 0 Å². The molecule has 0 aliphatic carbocycles. The summed E-state index contributed by atoms with van der Waals surface area (Å²) in [5.74, 6) is 0. The number of pyridine rings is 1. The van der Waals surface area contributed by atoms with Crippen LogP contribution in [0.2, 0.25) is 0 Å². The zero-order valence-electron chi connectivity index (χ0n) is 10.6. The van der Waals surface area contributed by atoms with E-state index in [0.717, 1.165) is 37.5 Å². The van der Waals surface area contributed by atoms with E-state index in [0.29, 0.717) is 0 Å². The summed E-state index contributed by atoms with van der Waals surface area (Å²) in [5.41, 5.74) is 2.14. The van der Waals surface area contributed by atoms with Crippen LogP contribution in [-0.2, 0) is 6.54 Å². The van der Waals surface area contributed by atoms with Crippen molar-refractivity contribution in [2.45, 2.75) is 13.5 Å². The van der Waals surface area contributed by atoms with Crippen LogP contribution in [0.5, 0.6) is 0 Å². The van der Waals surface area contributed by atoms with Gasteiger partial charge in [-0.25, -0.2) is 4.98 Å². The third kappa shape index (κ3) is 3.28. The lowest BCUT2D eigenvalue weighted by Crippen LogP contribution is -2.28. The summed E-state index contributed by atoms with van der Waals surface area (Å²) < 4.78 is 2.06. The molecule has 1 N–H and O–H groups in total. The molecular formula is C13H20N4. The smallest absolute Gasteiger partial charge is 0.137 e. The Morgan fingerprint density at radius 3 is 3.06 bits per heavy atom. The van der Waals surface area contributed by atoms with Crippen molar-refractivity contribution in [3.8, 4) is 0 Å². The van der Waals surface area contributed by atoms with Crippen LogP contribution in [0.25, 0.3) is 5.65 Å². The molecule has 0 amide bonds. The van der Waals surface area contributed by atoms with Gasteiger partial charge in [0, 0.05) is 32.0 Å². The summed E-state index contributed by atoms with van der Waals surface area (Å²) in [6.07, 6.45) is 4.13. The first-order valence-electron chi connectivity index (χ1n) is 6.11. The highest BCUT2D eigenvalue weighted by atomic mass is 15.1. The van der Waals surface area contributed by atoms with Gasteiger partial charge in [0.15, 0.2) is 0 Å². The van der Waals surface area contributed by atoms with E-state index < -0.39 is 0 Å². The maximum Gasteiger partial charge on any atom is 0.137 e. The summed E-state index contributed by atoms with van der Waals surface area (Å²) in [5, 5.41) is 3.32. The molecule has 0 aromatic carbocycles. The molecule has 0 atom stereocenters. The van der Waals surface area contributed by atoms with Gasteiger partial charge in [-0.1, -0.05) is 13.0 Å². The van der Waals surface area contributed by atoms with Crippen LogP contribution in [0, 0.1) is 0 Å². The summed E-state index contributed by atoms with van der Waals surface area (Å²) in [6, 6.07) is 6.07. The fourth-order valence-electron chi connectivity index (χ4n) is 1.87. The fourth-order valence-corrected chi connectivity index (χ4v) is 1.87. The second-order valence-corrected chi connectivity index (χ2v) is 4.29. The van der Waals surface area contributed by atoms with Crippen LogP contribution in [0.15, 0.2) is 30.6 Å². The fraction of sp³-hybridized carbons (Fsp3) is 0.462. The number of aromatic nitrogens is 2. The maximum atomic E-state index is 4.58. The molecule has 4 heteroatoms. The Morgan fingerprint density at radius 1 is 1.41 bits per heavy atom. The van der Waals surface area contributed by atoms with E-state index in [2.05, 4.69) is 39.8 Å². The van der Waals surface area contributed by atoms with Crippen LogP contribution >= 0.6 is 0 Å². The topological polar surface area (TPSA) is 32.6 Å². The number of hydrogen-bond acceptors (Lipinski definition) is 3. The van der Waals surface area contributed by atoms with Gasteiger partial charge < -0.3 is 9.72 Å². The molecule has 0 saturated carbocycles. The largest absolute Gasteiger partial charge is 0.316 e. The maximum absolute atomic E-state index is 4.58. The number of nitrogens with zero attached hydrogens (tertiary/aromatic N) is 3. The Morgan fingerprint density at radius 2 is 2.29 bits per heavy atom. The summed E-state index contributed by atoms with van der Waals surface area (Å²) in [7, 11) is 2.13. The molecule has 0 radical (unpaired) electrons. The highest BCUT2D eigenvalue weighted by Crippen LogP contribution is 2.06. The highest BCUT2D eigenvalue weighted by molar-refractivity contribution is 5.39. The van der Waals surface area contributed by atoms with Gasteiger partial charge in [0.05, 0.1) is 5.69 Å². The standard InChI is InChI=1S/C13H20N4/c1-3-14-7-9-16(2)10-12-11-17-8-5-4-6-13(17)15-12/h4-6,8,11,14H,3,7,9-10H2,1-2H3. The number of hydrogen-bond donors (Lipinski definition) is 1. The molecule has 2 aromatic heterocycles. The number of rotatable bonds is 6. The normalized spacial score (nSPS) is 11.5. The Balaban J connectivity index is 1.93. The van der Waals surface area contributed by atoms with Crippen molar-refractivity contribution >= 4 is 5.65 Å². The van der Waals surface area contributed by atoms with Crippen LogP contribution < -0.4 is 5.32 Å². The molecule has 0 saturated heterocycles. The van der Waals surface area contributed by atoms with Gasteiger partial charge in [0.25, 0.3) is 0 Å². The lowest BCUT2D eigenvalue weighted by molar-refractivity contribution is 0.322. The Hall–Kier alpha value is -1.39. The van der Waals surface area contributed by atoms with Gasteiger partial charge in [-0.05, 0) is 25.7 Å². The van der Waals surface area contributed by atoms with Gasteiger partial charge in [0.1, 0.15) is 5.65 Å². The summed E-state index contributed by atoms with van der Waals surface area (Å²) >= 11 is 0. The second-order valence-electron chi connectivity index (χ2n) is 4.29. The minimum atomic E-state index is 0.896. The Kier molecular flexibility index (Phi) is 4.12. The van der Waals surface area contributed by atoms with Gasteiger partial charge in [0.2, 0.25) is 0 Å². The minimum Gasteiger partial charge on any atom is -0.316 e. The Bertz CT molecular complexity index is 430. The molecule has 2 heterocycles. The molecule has 4 nitrogen and oxygen atoms in total. The van der Waals surface area contributed by atoms with E-state index in [-0.39, 0.29) is 0 Å². The number of nitrogens with one attached hydrogen (secondary N) is 1. The molecule has 0 spiro atoms. The van der Waals surface area contributed by atoms with Crippen molar-refractivity contribution in [1.82, 2.24) is 19.6 Å². The van der Waals surface area contributed by atoms with Gasteiger partial charge in [-0.15, -0.1) is 0 Å². The van der Waals surface area contributed by atoms with E-state index in [1.807, 2.05) is 24.4 Å². The molecule has 0 aliphatic rings. The first-order valence-corrected chi connectivity index (χ1v) is 6.11. The molecule has 0 fully saturated rings. The number of imidazole rings is 1. The minimum absolute atomic E-state index is 0.896. The molecule has 2 rings (SSSR count). The quantitative estimate of drug-likeness (QED) is 0.764. The van der Waals surface area contributed by atoms with Crippen molar-refractivity contribution in [1.29, 1.82) is 0 Å². The summed E-state index contributed by atoms with van der Waals surface area (Å²) in [6.45, 7) is 6.12. The van der Waals surface area contributed by atoms with E-state index in [4.69, 9.17) is 0 Å². The second kappa shape index (κ2) is 5.80. The Labute approximate surface area is 102 Å². The van der Waals surface area contributed by atoms with E-state index in [1.165, 1.54) is 0 Å².